The van der Waals surface area contributed by atoms with Gasteiger partial charge in [0.25, 0.3) is 0 Å². The number of phenolic OH excluding ortho intramolecular Hbond substituents is 1. The van der Waals surface area contributed by atoms with Crippen molar-refractivity contribution in [3.63, 3.8) is 0 Å². The van der Waals surface area contributed by atoms with Crippen molar-refractivity contribution in [2.75, 3.05) is 0 Å². The molecular formula is C17H20Cl2O2S. The van der Waals surface area contributed by atoms with Gasteiger partial charge in [-0.1, -0.05) is 48.5 Å². The van der Waals surface area contributed by atoms with Gasteiger partial charge in [-0.25, -0.2) is 0 Å². The van der Waals surface area contributed by atoms with E-state index >= 15 is 0 Å². The van der Waals surface area contributed by atoms with E-state index in [1.807, 2.05) is 20.8 Å². The van der Waals surface area contributed by atoms with Crippen molar-refractivity contribution in [2.24, 2.45) is 0 Å². The molecule has 0 radical (unpaired) electrons. The highest BCUT2D eigenvalue weighted by atomic mass is 35.5. The summed E-state index contributed by atoms with van der Waals surface area (Å²) in [6.07, 6.45) is 2.18. The Hall–Kier alpha value is -1.03. The molecule has 2 N–H and O–H groups in total. The molecule has 0 saturated carbocycles. The number of aryl methyl sites for hydroxylation is 1. The van der Waals surface area contributed by atoms with Crippen LogP contribution in [0.2, 0.25) is 5.02 Å². The van der Waals surface area contributed by atoms with Crippen LogP contribution in [0.5, 0.6) is 5.75 Å². The van der Waals surface area contributed by atoms with Gasteiger partial charge in [0.05, 0.1) is 4.90 Å². The average Bonchev–Trinajstić information content (AvgIpc) is 2.44. The highest BCUT2D eigenvalue weighted by Crippen LogP contribution is 2.42. The van der Waals surface area contributed by atoms with E-state index in [1.54, 1.807) is 19.1 Å². The molecule has 5 heteroatoms. The molecule has 0 fully saturated rings. The number of phenols is 1. The lowest BCUT2D eigenvalue weighted by atomic mass is 10.1. The Morgan fingerprint density at radius 3 is 2.50 bits per heavy atom. The van der Waals surface area contributed by atoms with Gasteiger partial charge >= 0.3 is 0 Å². The SMILES string of the molecule is C=C(Cl)/C(C)=C\C(O)=C(/CC)Sc1c(O)cc(C)c(Cl)c1C. The topological polar surface area (TPSA) is 40.5 Å². The zero-order chi connectivity index (χ0) is 17.0. The minimum atomic E-state index is 0.113. The van der Waals surface area contributed by atoms with Crippen molar-refractivity contribution in [1.82, 2.24) is 0 Å². The average molecular weight is 359 g/mol. The van der Waals surface area contributed by atoms with Gasteiger partial charge in [0.1, 0.15) is 11.5 Å². The van der Waals surface area contributed by atoms with E-state index in [1.165, 1.54) is 11.8 Å². The number of aliphatic hydroxyl groups excluding tert-OH is 1. The third-order valence-corrected chi connectivity index (χ3v) is 5.56. The third kappa shape index (κ3) is 4.48. The van der Waals surface area contributed by atoms with Crippen LogP contribution in [-0.4, -0.2) is 10.2 Å². The molecule has 0 unspecified atom stereocenters. The number of allylic oxidation sites excluding steroid dienone is 4. The monoisotopic (exact) mass is 358 g/mol. The molecular weight excluding hydrogens is 339 g/mol. The lowest BCUT2D eigenvalue weighted by molar-refractivity contribution is 0.427. The number of aliphatic hydroxyl groups is 1. The second-order valence-corrected chi connectivity index (χ2v) is 6.92. The summed E-state index contributed by atoms with van der Waals surface area (Å²) in [5, 5.41) is 21.4. The maximum atomic E-state index is 10.3. The largest absolute Gasteiger partial charge is 0.507 e. The molecule has 0 aliphatic heterocycles. The predicted molar refractivity (Wildman–Crippen MR) is 97.1 cm³/mol. The molecule has 1 aromatic carbocycles. The molecule has 0 saturated heterocycles. The van der Waals surface area contributed by atoms with Gasteiger partial charge < -0.3 is 10.2 Å². The second-order valence-electron chi connectivity index (χ2n) is 4.98. The quantitative estimate of drug-likeness (QED) is 0.352. The van der Waals surface area contributed by atoms with Crippen LogP contribution in [0, 0.1) is 13.8 Å². The zero-order valence-corrected chi connectivity index (χ0v) is 15.5. The van der Waals surface area contributed by atoms with Crippen LogP contribution >= 0.6 is 35.0 Å². The molecule has 2 nitrogen and oxygen atoms in total. The van der Waals surface area contributed by atoms with Crippen molar-refractivity contribution in [3.05, 3.63) is 56.1 Å². The van der Waals surface area contributed by atoms with Gasteiger partial charge in [-0.2, -0.15) is 0 Å². The maximum Gasteiger partial charge on any atom is 0.130 e. The molecule has 0 aromatic heterocycles. The normalized spacial score (nSPS) is 13.1. The van der Waals surface area contributed by atoms with Crippen LogP contribution in [0.25, 0.3) is 0 Å². The first-order chi connectivity index (χ1) is 10.2. The lowest BCUT2D eigenvalue weighted by Crippen LogP contribution is -1.91. The van der Waals surface area contributed by atoms with Crippen molar-refractivity contribution < 1.29 is 10.2 Å². The fourth-order valence-corrected chi connectivity index (χ4v) is 3.08. The fraction of sp³-hybridized carbons (Fsp3) is 0.294. The maximum absolute atomic E-state index is 10.3. The van der Waals surface area contributed by atoms with Crippen LogP contribution in [0.15, 0.2) is 44.9 Å². The molecule has 1 aromatic rings. The third-order valence-electron chi connectivity index (χ3n) is 3.22. The Morgan fingerprint density at radius 2 is 2.00 bits per heavy atom. The first-order valence-electron chi connectivity index (χ1n) is 6.80. The van der Waals surface area contributed by atoms with Gasteiger partial charge in [0.15, 0.2) is 0 Å². The van der Waals surface area contributed by atoms with Crippen molar-refractivity contribution in [1.29, 1.82) is 0 Å². The van der Waals surface area contributed by atoms with E-state index in [0.29, 0.717) is 26.9 Å². The number of rotatable bonds is 5. The number of halogens is 2. The summed E-state index contributed by atoms with van der Waals surface area (Å²) in [7, 11) is 0. The predicted octanol–water partition coefficient (Wildman–Crippen LogP) is 6.63. The van der Waals surface area contributed by atoms with E-state index in [0.717, 1.165) is 16.0 Å². The van der Waals surface area contributed by atoms with Gasteiger partial charge in [-0.15, -0.1) is 0 Å². The number of aromatic hydroxyl groups is 1. The lowest BCUT2D eigenvalue weighted by Gasteiger charge is -2.14. The first-order valence-corrected chi connectivity index (χ1v) is 8.37. The van der Waals surface area contributed by atoms with Gasteiger partial charge in [-0.3, -0.25) is 0 Å². The van der Waals surface area contributed by atoms with Crippen LogP contribution in [0.3, 0.4) is 0 Å². The molecule has 0 spiro atoms. The van der Waals surface area contributed by atoms with Gasteiger partial charge in [-0.05, 0) is 56.0 Å². The summed E-state index contributed by atoms with van der Waals surface area (Å²) in [5.74, 6) is 0.271. The Morgan fingerprint density at radius 1 is 1.41 bits per heavy atom. The van der Waals surface area contributed by atoms with E-state index in [2.05, 4.69) is 6.58 Å². The molecule has 0 aliphatic carbocycles. The molecule has 0 aliphatic rings. The fourth-order valence-electron chi connectivity index (χ4n) is 1.84. The summed E-state index contributed by atoms with van der Waals surface area (Å²) in [4.78, 5) is 1.37. The second kappa shape index (κ2) is 8.00. The molecule has 0 bridgehead atoms. The smallest absolute Gasteiger partial charge is 0.130 e. The van der Waals surface area contributed by atoms with Crippen LogP contribution < -0.4 is 0 Å². The number of benzene rings is 1. The molecule has 0 atom stereocenters. The highest BCUT2D eigenvalue weighted by molar-refractivity contribution is 8.03. The highest BCUT2D eigenvalue weighted by Gasteiger charge is 2.15. The number of hydrogen-bond acceptors (Lipinski definition) is 3. The minimum absolute atomic E-state index is 0.113. The standard InChI is InChI=1S/C17H20Cl2O2S/c1-6-15(13(20)7-9(2)12(5)18)22-17-11(4)16(19)10(3)8-14(17)21/h7-8,20-21H,5-6H2,1-4H3/b9-7-,15-13-. The summed E-state index contributed by atoms with van der Waals surface area (Å²) in [6, 6.07) is 1.63. The molecule has 0 heterocycles. The van der Waals surface area contributed by atoms with Crippen molar-refractivity contribution in [2.45, 2.75) is 39.0 Å². The summed E-state index contributed by atoms with van der Waals surface area (Å²) >= 11 is 13.4. The Labute approximate surface area is 146 Å². The Kier molecular flexibility index (Phi) is 6.92. The summed E-state index contributed by atoms with van der Waals surface area (Å²) in [6.45, 7) is 11.0. The van der Waals surface area contributed by atoms with Crippen LogP contribution in [0.4, 0.5) is 0 Å². The number of hydrogen-bond donors (Lipinski definition) is 2. The molecule has 120 valence electrons. The first kappa shape index (κ1) is 19.0. The van der Waals surface area contributed by atoms with E-state index in [-0.39, 0.29) is 11.5 Å². The van der Waals surface area contributed by atoms with Crippen molar-refractivity contribution in [3.8, 4) is 5.75 Å². The Bertz CT molecular complexity index is 661. The number of thioether (sulfide) groups is 1. The van der Waals surface area contributed by atoms with Gasteiger partial charge in [0, 0.05) is 15.0 Å². The summed E-state index contributed by atoms with van der Waals surface area (Å²) < 4.78 is 0. The molecule has 1 rings (SSSR count). The van der Waals surface area contributed by atoms with Crippen molar-refractivity contribution >= 4 is 35.0 Å². The van der Waals surface area contributed by atoms with Crippen LogP contribution in [-0.2, 0) is 0 Å². The minimum Gasteiger partial charge on any atom is -0.507 e. The van der Waals surface area contributed by atoms with Crippen LogP contribution in [0.1, 0.15) is 31.4 Å². The van der Waals surface area contributed by atoms with E-state index < -0.39 is 0 Å². The molecule has 0 amide bonds. The van der Waals surface area contributed by atoms with Gasteiger partial charge in [0.2, 0.25) is 0 Å². The molecule has 22 heavy (non-hydrogen) atoms. The summed E-state index contributed by atoms with van der Waals surface area (Å²) in [5.41, 5.74) is 2.31. The van der Waals surface area contributed by atoms with E-state index in [4.69, 9.17) is 23.2 Å². The van der Waals surface area contributed by atoms with E-state index in [9.17, 15) is 10.2 Å². The zero-order valence-electron chi connectivity index (χ0n) is 13.1. The Balaban J connectivity index is 3.29.